The van der Waals surface area contributed by atoms with Gasteiger partial charge < -0.3 is 19.1 Å². The summed E-state index contributed by atoms with van der Waals surface area (Å²) >= 11 is 6.46. The Labute approximate surface area is 179 Å². The minimum atomic E-state index is -2.33. The first-order chi connectivity index (χ1) is 15.4. The van der Waals surface area contributed by atoms with Gasteiger partial charge in [0.2, 0.25) is 0 Å². The molecule has 1 aromatic heterocycles. The summed E-state index contributed by atoms with van der Waals surface area (Å²) in [6.07, 6.45) is 2.25. The van der Waals surface area contributed by atoms with E-state index in [4.69, 9.17) is 26.3 Å². The molecule has 0 radical (unpaired) electrons. The van der Waals surface area contributed by atoms with Gasteiger partial charge in [0.15, 0.2) is 11.5 Å². The smallest absolute Gasteiger partial charge is 0.276 e. The molecule has 0 unspecified atom stereocenters. The number of nitrogens with zero attached hydrogens (tertiary/aromatic N) is 3. The number of carbonyl (C=O) groups excluding carboxylic acids is 2. The van der Waals surface area contributed by atoms with Crippen LogP contribution in [0.5, 0.6) is 0 Å². The van der Waals surface area contributed by atoms with E-state index in [1.54, 1.807) is 12.1 Å². The molecule has 8 heteroatoms. The first-order valence-electron chi connectivity index (χ1n) is 11.5. The van der Waals surface area contributed by atoms with E-state index in [1.165, 1.54) is 6.07 Å². The Kier molecular flexibility index (Phi) is 3.59. The summed E-state index contributed by atoms with van der Waals surface area (Å²) in [4.78, 5) is 28.6. The maximum absolute atomic E-state index is 12.9. The molecule has 5 rings (SSSR count). The van der Waals surface area contributed by atoms with Crippen LogP contribution in [-0.2, 0) is 11.3 Å². The molecule has 1 saturated heterocycles. The number of hydrogen-bond acceptors (Lipinski definition) is 5. The van der Waals surface area contributed by atoms with Crippen LogP contribution in [0.4, 0.5) is 0 Å². The Morgan fingerprint density at radius 2 is 2.07 bits per heavy atom. The molecule has 1 atom stereocenters. The Balaban J connectivity index is 1.39. The van der Waals surface area contributed by atoms with Gasteiger partial charge in [0.1, 0.15) is 0 Å². The van der Waals surface area contributed by atoms with E-state index in [-0.39, 0.29) is 23.4 Å². The number of ether oxygens (including phenoxy) is 1. The highest BCUT2D eigenvalue weighted by Crippen LogP contribution is 2.40. The summed E-state index contributed by atoms with van der Waals surface area (Å²) in [6.45, 7) is -3.01. The molecule has 7 nitrogen and oxygen atoms in total. The summed E-state index contributed by atoms with van der Waals surface area (Å²) in [5.41, 5.74) is 1.75. The van der Waals surface area contributed by atoms with E-state index in [9.17, 15) is 9.59 Å². The van der Waals surface area contributed by atoms with Crippen LogP contribution in [0.3, 0.4) is 0 Å². The minimum absolute atomic E-state index is 0.0785. The summed E-state index contributed by atoms with van der Waals surface area (Å²) in [5, 5.41) is 4.11. The van der Waals surface area contributed by atoms with Gasteiger partial charge >= 0.3 is 0 Å². The predicted octanol–water partition coefficient (Wildman–Crippen LogP) is 3.22. The fourth-order valence-electron chi connectivity index (χ4n) is 3.88. The summed E-state index contributed by atoms with van der Waals surface area (Å²) < 4.78 is 41.0. The lowest BCUT2D eigenvalue weighted by Crippen LogP contribution is -2.40. The lowest BCUT2D eigenvalue weighted by atomic mass is 10.0. The summed E-state index contributed by atoms with van der Waals surface area (Å²) in [6, 6.07) is 4.96. The van der Waals surface area contributed by atoms with Crippen LogP contribution in [-0.4, -0.2) is 59.0 Å². The number of morpholine rings is 1. The van der Waals surface area contributed by atoms with Crippen molar-refractivity contribution in [2.75, 3.05) is 26.2 Å². The lowest BCUT2D eigenvalue weighted by Gasteiger charge is -2.25. The number of rotatable bonds is 4. The van der Waals surface area contributed by atoms with Gasteiger partial charge in [-0.2, -0.15) is 0 Å². The molecule has 2 aromatic rings. The van der Waals surface area contributed by atoms with E-state index in [1.807, 2.05) is 4.90 Å². The maximum atomic E-state index is 12.9. The molecular weight excluding hydrogens is 394 g/mol. The number of aromatic nitrogens is 1. The van der Waals surface area contributed by atoms with Crippen molar-refractivity contribution in [3.05, 3.63) is 40.0 Å². The highest BCUT2D eigenvalue weighted by Gasteiger charge is 2.39. The fourth-order valence-corrected chi connectivity index (χ4v) is 4.20. The highest BCUT2D eigenvalue weighted by atomic mass is 35.5. The third-order valence-electron chi connectivity index (χ3n) is 5.74. The van der Waals surface area contributed by atoms with Crippen LogP contribution in [0.1, 0.15) is 51.7 Å². The maximum Gasteiger partial charge on any atom is 0.276 e. The second-order valence-corrected chi connectivity index (χ2v) is 8.04. The van der Waals surface area contributed by atoms with E-state index in [0.29, 0.717) is 28.6 Å². The SMILES string of the molecule is [2H]C1([2H])CN(C(=O)c2cc(-c3cc(Cl)c4c(c3)CN([C@@H](C)C3CC3)C4=O)on2)CC([2H])([2H])O1. The Morgan fingerprint density at radius 1 is 1.31 bits per heavy atom. The number of amides is 2. The van der Waals surface area contributed by atoms with Crippen LogP contribution >= 0.6 is 11.6 Å². The fraction of sp³-hybridized carbons (Fsp3) is 0.476. The lowest BCUT2D eigenvalue weighted by molar-refractivity contribution is 0.0296. The molecule has 29 heavy (non-hydrogen) atoms. The van der Waals surface area contributed by atoms with Crippen molar-refractivity contribution < 1.29 is 24.3 Å². The van der Waals surface area contributed by atoms with Gasteiger partial charge in [0.05, 0.1) is 29.2 Å². The second-order valence-electron chi connectivity index (χ2n) is 7.63. The molecule has 1 saturated carbocycles. The number of benzene rings is 1. The Hall–Kier alpha value is -2.38. The molecule has 3 heterocycles. The van der Waals surface area contributed by atoms with Crippen LogP contribution in [0.2, 0.25) is 5.02 Å². The molecule has 2 amide bonds. The van der Waals surface area contributed by atoms with Gasteiger partial charge in [-0.25, -0.2) is 0 Å². The van der Waals surface area contributed by atoms with Gasteiger partial charge in [-0.05, 0) is 43.4 Å². The van der Waals surface area contributed by atoms with Crippen molar-refractivity contribution in [2.45, 2.75) is 32.4 Å². The van der Waals surface area contributed by atoms with Crippen molar-refractivity contribution >= 4 is 23.4 Å². The van der Waals surface area contributed by atoms with Crippen molar-refractivity contribution in [1.82, 2.24) is 15.0 Å². The molecule has 1 aliphatic carbocycles. The van der Waals surface area contributed by atoms with Gasteiger partial charge in [-0.3, -0.25) is 9.59 Å². The van der Waals surface area contributed by atoms with Crippen molar-refractivity contribution in [3.8, 4) is 11.3 Å². The number of fused-ring (bicyclic) bond motifs is 1. The van der Waals surface area contributed by atoms with Crippen LogP contribution in [0.25, 0.3) is 11.3 Å². The first kappa shape index (κ1) is 14.6. The quantitative estimate of drug-likeness (QED) is 0.760. The van der Waals surface area contributed by atoms with E-state index in [2.05, 4.69) is 12.1 Å². The molecule has 2 fully saturated rings. The van der Waals surface area contributed by atoms with Crippen LogP contribution in [0.15, 0.2) is 22.7 Å². The zero-order chi connectivity index (χ0) is 23.7. The van der Waals surface area contributed by atoms with Crippen molar-refractivity contribution in [2.24, 2.45) is 5.92 Å². The standard InChI is InChI=1S/C21H22ClN3O4/c1-12(13-2-3-13)25-11-15-8-14(9-16(22)19(15)21(25)27)18-10-17(23-29-18)20(26)24-4-6-28-7-5-24/h8-10,12-13H,2-7,11H2,1H3/t12-/m0/s1/i6D2,7D2. The zero-order valence-corrected chi connectivity index (χ0v) is 16.5. The first-order valence-corrected chi connectivity index (χ1v) is 9.92. The third-order valence-corrected chi connectivity index (χ3v) is 6.04. The second kappa shape index (κ2) is 7.15. The largest absolute Gasteiger partial charge is 0.378 e. The Bertz CT molecular complexity index is 1130. The third kappa shape index (κ3) is 3.32. The van der Waals surface area contributed by atoms with Crippen LogP contribution < -0.4 is 0 Å². The molecule has 0 spiro atoms. The number of hydrogen-bond donors (Lipinski definition) is 0. The molecule has 0 N–H and O–H groups in total. The molecular formula is C21H22ClN3O4. The summed E-state index contributed by atoms with van der Waals surface area (Å²) in [7, 11) is 0. The van der Waals surface area contributed by atoms with E-state index < -0.39 is 32.1 Å². The number of halogens is 1. The average Bonchev–Trinajstić information content (AvgIpc) is 3.34. The molecule has 152 valence electrons. The predicted molar refractivity (Wildman–Crippen MR) is 106 cm³/mol. The number of carbonyl (C=O) groups is 2. The van der Waals surface area contributed by atoms with Crippen molar-refractivity contribution in [1.29, 1.82) is 0 Å². The molecule has 0 bridgehead atoms. The van der Waals surface area contributed by atoms with Crippen molar-refractivity contribution in [3.63, 3.8) is 0 Å². The van der Waals surface area contributed by atoms with Gasteiger partial charge in [-0.1, -0.05) is 16.8 Å². The summed E-state index contributed by atoms with van der Waals surface area (Å²) in [5.74, 6) is 0.0449. The van der Waals surface area contributed by atoms with E-state index >= 15 is 0 Å². The minimum Gasteiger partial charge on any atom is -0.378 e. The average molecular weight is 420 g/mol. The van der Waals surface area contributed by atoms with Crippen LogP contribution in [0, 0.1) is 5.92 Å². The Morgan fingerprint density at radius 3 is 2.79 bits per heavy atom. The van der Waals surface area contributed by atoms with E-state index in [0.717, 1.165) is 23.3 Å². The van der Waals surface area contributed by atoms with Gasteiger partial charge in [0, 0.05) is 37.3 Å². The molecule has 2 aliphatic heterocycles. The van der Waals surface area contributed by atoms with Gasteiger partial charge in [0.25, 0.3) is 11.8 Å². The zero-order valence-electron chi connectivity index (χ0n) is 19.8. The molecule has 1 aromatic carbocycles. The monoisotopic (exact) mass is 419 g/mol. The van der Waals surface area contributed by atoms with Gasteiger partial charge in [-0.15, -0.1) is 0 Å². The topological polar surface area (TPSA) is 75.9 Å². The highest BCUT2D eigenvalue weighted by molar-refractivity contribution is 6.34. The normalized spacial score (nSPS) is 25.7. The molecule has 3 aliphatic rings.